The Morgan fingerprint density at radius 3 is 2.45 bits per heavy atom. The van der Waals surface area contributed by atoms with Gasteiger partial charge < -0.3 is 0 Å². The lowest BCUT2D eigenvalue weighted by Crippen LogP contribution is -2.23. The van der Waals surface area contributed by atoms with Gasteiger partial charge in [0.05, 0.1) is 6.04 Å². The first-order valence-corrected chi connectivity index (χ1v) is 4.11. The molecule has 0 N–H and O–H groups in total. The van der Waals surface area contributed by atoms with Gasteiger partial charge in [0.15, 0.2) is 0 Å². The quantitative estimate of drug-likeness (QED) is 0.509. The standard InChI is InChI=1S/C9H16N2/c1-7-5-6-10-8(11-7)9(2,3)4/h6-7H,5H2,1-4H3. The summed E-state index contributed by atoms with van der Waals surface area (Å²) in [7, 11) is 0. The summed E-state index contributed by atoms with van der Waals surface area (Å²) in [6.07, 6.45) is 2.96. The minimum absolute atomic E-state index is 0.102. The zero-order chi connectivity index (χ0) is 8.48. The Hall–Kier alpha value is -0.660. The number of hydrogen-bond donors (Lipinski definition) is 0. The summed E-state index contributed by atoms with van der Waals surface area (Å²) in [6, 6.07) is 0.418. The monoisotopic (exact) mass is 152 g/mol. The third-order valence-corrected chi connectivity index (χ3v) is 1.67. The fourth-order valence-corrected chi connectivity index (χ4v) is 0.974. The molecule has 0 saturated carbocycles. The molecule has 1 aliphatic heterocycles. The number of hydrogen-bond acceptors (Lipinski definition) is 2. The number of aliphatic imine (C=N–C) groups is 2. The molecule has 11 heavy (non-hydrogen) atoms. The van der Waals surface area contributed by atoms with E-state index in [2.05, 4.69) is 37.7 Å². The lowest BCUT2D eigenvalue weighted by Gasteiger charge is -2.21. The molecule has 0 saturated heterocycles. The van der Waals surface area contributed by atoms with Gasteiger partial charge in [-0.15, -0.1) is 0 Å². The van der Waals surface area contributed by atoms with Crippen LogP contribution in [0.2, 0.25) is 0 Å². The lowest BCUT2D eigenvalue weighted by atomic mass is 9.94. The molecule has 0 aromatic rings. The maximum atomic E-state index is 4.47. The van der Waals surface area contributed by atoms with Crippen LogP contribution < -0.4 is 0 Å². The summed E-state index contributed by atoms with van der Waals surface area (Å²) in [5.41, 5.74) is 0.102. The minimum atomic E-state index is 0.102. The van der Waals surface area contributed by atoms with Crippen molar-refractivity contribution in [3.8, 4) is 0 Å². The Kier molecular flexibility index (Phi) is 2.12. The van der Waals surface area contributed by atoms with Crippen molar-refractivity contribution in [1.82, 2.24) is 0 Å². The van der Waals surface area contributed by atoms with E-state index >= 15 is 0 Å². The maximum Gasteiger partial charge on any atom is 0.128 e. The van der Waals surface area contributed by atoms with Crippen molar-refractivity contribution in [2.24, 2.45) is 15.4 Å². The van der Waals surface area contributed by atoms with E-state index in [1.165, 1.54) is 0 Å². The molecule has 1 heterocycles. The average molecular weight is 152 g/mol. The Morgan fingerprint density at radius 2 is 2.09 bits per heavy atom. The van der Waals surface area contributed by atoms with Crippen molar-refractivity contribution in [2.45, 2.75) is 40.2 Å². The third kappa shape index (κ3) is 2.14. The lowest BCUT2D eigenvalue weighted by molar-refractivity contribution is 0.571. The van der Waals surface area contributed by atoms with E-state index in [0.717, 1.165) is 12.3 Å². The van der Waals surface area contributed by atoms with E-state index in [1.807, 2.05) is 6.21 Å². The molecule has 62 valence electrons. The molecule has 0 amide bonds. The molecule has 1 rings (SSSR count). The summed E-state index contributed by atoms with van der Waals surface area (Å²) in [4.78, 5) is 8.75. The van der Waals surface area contributed by atoms with Crippen molar-refractivity contribution in [2.75, 3.05) is 0 Å². The van der Waals surface area contributed by atoms with Gasteiger partial charge >= 0.3 is 0 Å². The minimum Gasteiger partial charge on any atom is -0.267 e. The van der Waals surface area contributed by atoms with Crippen LogP contribution in [-0.2, 0) is 0 Å². The van der Waals surface area contributed by atoms with Crippen molar-refractivity contribution in [3.63, 3.8) is 0 Å². The molecule has 0 radical (unpaired) electrons. The highest BCUT2D eigenvalue weighted by atomic mass is 15.0. The number of rotatable bonds is 0. The second-order valence-electron chi connectivity index (χ2n) is 4.10. The topological polar surface area (TPSA) is 24.7 Å². The van der Waals surface area contributed by atoms with Crippen LogP contribution in [0, 0.1) is 5.41 Å². The van der Waals surface area contributed by atoms with E-state index in [-0.39, 0.29) is 5.41 Å². The summed E-state index contributed by atoms with van der Waals surface area (Å²) in [6.45, 7) is 8.54. The Morgan fingerprint density at radius 1 is 1.45 bits per heavy atom. The molecular formula is C9H16N2. The van der Waals surface area contributed by atoms with Crippen LogP contribution >= 0.6 is 0 Å². The number of amidine groups is 1. The van der Waals surface area contributed by atoms with E-state index in [9.17, 15) is 0 Å². The van der Waals surface area contributed by atoms with Gasteiger partial charge in [0, 0.05) is 18.1 Å². The fourth-order valence-electron chi connectivity index (χ4n) is 0.974. The molecular weight excluding hydrogens is 136 g/mol. The van der Waals surface area contributed by atoms with Gasteiger partial charge in [-0.1, -0.05) is 20.8 Å². The van der Waals surface area contributed by atoms with Crippen LogP contribution in [0.1, 0.15) is 34.1 Å². The zero-order valence-corrected chi connectivity index (χ0v) is 7.76. The van der Waals surface area contributed by atoms with Crippen LogP contribution in [0.25, 0.3) is 0 Å². The summed E-state index contributed by atoms with van der Waals surface area (Å²) >= 11 is 0. The Bertz CT molecular complexity index is 196. The predicted molar refractivity (Wildman–Crippen MR) is 49.5 cm³/mol. The molecule has 1 atom stereocenters. The van der Waals surface area contributed by atoms with Crippen molar-refractivity contribution < 1.29 is 0 Å². The van der Waals surface area contributed by atoms with Crippen LogP contribution in [0.15, 0.2) is 9.98 Å². The molecule has 2 nitrogen and oxygen atoms in total. The smallest absolute Gasteiger partial charge is 0.128 e. The first-order chi connectivity index (χ1) is 5.00. The molecule has 0 aliphatic carbocycles. The normalized spacial score (nSPS) is 25.1. The van der Waals surface area contributed by atoms with Gasteiger partial charge in [-0.2, -0.15) is 0 Å². The Labute approximate surface area is 68.4 Å². The highest BCUT2D eigenvalue weighted by molar-refractivity contribution is 5.94. The van der Waals surface area contributed by atoms with Crippen LogP contribution in [0.4, 0.5) is 0 Å². The molecule has 0 fully saturated rings. The summed E-state index contributed by atoms with van der Waals surface area (Å²) < 4.78 is 0. The molecule has 1 unspecified atom stereocenters. The fraction of sp³-hybridized carbons (Fsp3) is 0.778. The van der Waals surface area contributed by atoms with E-state index < -0.39 is 0 Å². The van der Waals surface area contributed by atoms with Gasteiger partial charge in [0.2, 0.25) is 0 Å². The highest BCUT2D eigenvalue weighted by Crippen LogP contribution is 2.20. The van der Waals surface area contributed by atoms with Gasteiger partial charge in [0.1, 0.15) is 5.84 Å². The molecule has 0 spiro atoms. The van der Waals surface area contributed by atoms with Crippen LogP contribution in [-0.4, -0.2) is 18.1 Å². The molecule has 2 heteroatoms. The molecule has 0 bridgehead atoms. The van der Waals surface area contributed by atoms with E-state index in [1.54, 1.807) is 0 Å². The predicted octanol–water partition coefficient (Wildman–Crippen LogP) is 2.29. The van der Waals surface area contributed by atoms with Crippen molar-refractivity contribution >= 4 is 12.1 Å². The molecule has 1 aliphatic rings. The maximum absolute atomic E-state index is 4.47. The van der Waals surface area contributed by atoms with E-state index in [4.69, 9.17) is 0 Å². The van der Waals surface area contributed by atoms with Crippen molar-refractivity contribution in [3.05, 3.63) is 0 Å². The first-order valence-electron chi connectivity index (χ1n) is 4.11. The second-order valence-corrected chi connectivity index (χ2v) is 4.10. The number of nitrogens with zero attached hydrogens (tertiary/aromatic N) is 2. The van der Waals surface area contributed by atoms with Gasteiger partial charge in [0.25, 0.3) is 0 Å². The first kappa shape index (κ1) is 8.44. The third-order valence-electron chi connectivity index (χ3n) is 1.67. The van der Waals surface area contributed by atoms with Gasteiger partial charge in [-0.05, 0) is 6.92 Å². The zero-order valence-electron chi connectivity index (χ0n) is 7.76. The largest absolute Gasteiger partial charge is 0.267 e. The van der Waals surface area contributed by atoms with Gasteiger partial charge in [-0.3, -0.25) is 4.99 Å². The highest BCUT2D eigenvalue weighted by Gasteiger charge is 2.20. The van der Waals surface area contributed by atoms with Crippen LogP contribution in [0.3, 0.4) is 0 Å². The van der Waals surface area contributed by atoms with Crippen molar-refractivity contribution in [1.29, 1.82) is 0 Å². The summed E-state index contributed by atoms with van der Waals surface area (Å²) in [5, 5.41) is 0. The molecule has 0 aromatic carbocycles. The molecule has 0 aromatic heterocycles. The Balaban J connectivity index is 2.80. The summed E-state index contributed by atoms with van der Waals surface area (Å²) in [5.74, 6) is 0.983. The second kappa shape index (κ2) is 2.76. The SMILES string of the molecule is CC1CC=NC(C(C)(C)C)=N1. The van der Waals surface area contributed by atoms with Gasteiger partial charge in [-0.25, -0.2) is 4.99 Å². The van der Waals surface area contributed by atoms with Crippen LogP contribution in [0.5, 0.6) is 0 Å². The average Bonchev–Trinajstić information content (AvgIpc) is 1.86. The van der Waals surface area contributed by atoms with E-state index in [0.29, 0.717) is 6.04 Å².